The van der Waals surface area contributed by atoms with Crippen LogP contribution in [0, 0.1) is 11.3 Å². The fraction of sp³-hybridized carbons (Fsp3) is 0.160. The van der Waals surface area contributed by atoms with Crippen LogP contribution in [0.2, 0.25) is 0 Å². The molecule has 0 aliphatic carbocycles. The number of carbonyl (C=O) groups is 2. The highest BCUT2D eigenvalue weighted by atomic mass is 32.2. The molecular formula is C25H23N3O6S. The van der Waals surface area contributed by atoms with E-state index in [1.807, 2.05) is 6.07 Å². The SMILES string of the molecule is COc1ccc(NS(=O)(=O)c2cccc(C(=O)OCC(=O)N(CCC#N)c3ccccc3)c2)cc1. The first-order chi connectivity index (χ1) is 16.8. The molecule has 0 heterocycles. The summed E-state index contributed by atoms with van der Waals surface area (Å²) >= 11 is 0. The third-order valence-corrected chi connectivity index (χ3v) is 6.24. The molecule has 0 aliphatic rings. The fourth-order valence-corrected chi connectivity index (χ4v) is 4.22. The number of hydrogen-bond donors (Lipinski definition) is 1. The molecule has 10 heteroatoms. The average molecular weight is 494 g/mol. The second-order valence-electron chi connectivity index (χ2n) is 7.23. The lowest BCUT2D eigenvalue weighted by Crippen LogP contribution is -2.35. The number of esters is 1. The number of nitrogens with zero attached hydrogens (tertiary/aromatic N) is 2. The van der Waals surface area contributed by atoms with Crippen LogP contribution in [0.25, 0.3) is 0 Å². The van der Waals surface area contributed by atoms with Gasteiger partial charge in [-0.15, -0.1) is 0 Å². The van der Waals surface area contributed by atoms with Gasteiger partial charge in [-0.1, -0.05) is 24.3 Å². The lowest BCUT2D eigenvalue weighted by atomic mass is 10.2. The van der Waals surface area contributed by atoms with Crippen LogP contribution in [0.4, 0.5) is 11.4 Å². The molecule has 0 aromatic heterocycles. The van der Waals surface area contributed by atoms with E-state index in [0.29, 0.717) is 17.1 Å². The minimum absolute atomic E-state index is 0.0290. The van der Waals surface area contributed by atoms with E-state index in [1.54, 1.807) is 54.6 Å². The smallest absolute Gasteiger partial charge is 0.338 e. The molecule has 35 heavy (non-hydrogen) atoms. The molecule has 0 unspecified atom stereocenters. The van der Waals surface area contributed by atoms with Crippen molar-refractivity contribution in [3.8, 4) is 11.8 Å². The van der Waals surface area contributed by atoms with Gasteiger partial charge in [0.25, 0.3) is 15.9 Å². The molecule has 3 aromatic rings. The van der Waals surface area contributed by atoms with Crippen molar-refractivity contribution in [2.45, 2.75) is 11.3 Å². The molecule has 0 spiro atoms. The van der Waals surface area contributed by atoms with Crippen molar-refractivity contribution >= 4 is 33.3 Å². The molecular weight excluding hydrogens is 470 g/mol. The Morgan fingerprint density at radius 3 is 2.37 bits per heavy atom. The Morgan fingerprint density at radius 2 is 1.71 bits per heavy atom. The van der Waals surface area contributed by atoms with Crippen LogP contribution in [-0.4, -0.2) is 40.6 Å². The molecule has 0 radical (unpaired) electrons. The second-order valence-corrected chi connectivity index (χ2v) is 8.91. The number of nitriles is 1. The zero-order valence-electron chi connectivity index (χ0n) is 18.9. The van der Waals surface area contributed by atoms with Crippen molar-refractivity contribution in [3.05, 3.63) is 84.4 Å². The van der Waals surface area contributed by atoms with E-state index in [2.05, 4.69) is 4.72 Å². The predicted molar refractivity (Wildman–Crippen MR) is 130 cm³/mol. The zero-order chi connectivity index (χ0) is 25.3. The number of ether oxygens (including phenoxy) is 2. The van der Waals surface area contributed by atoms with Crippen LogP contribution in [0.1, 0.15) is 16.8 Å². The lowest BCUT2D eigenvalue weighted by Gasteiger charge is -2.21. The first-order valence-corrected chi connectivity index (χ1v) is 12.0. The Balaban J connectivity index is 1.68. The van der Waals surface area contributed by atoms with Crippen LogP contribution in [0.5, 0.6) is 5.75 Å². The average Bonchev–Trinajstić information content (AvgIpc) is 2.88. The summed E-state index contributed by atoms with van der Waals surface area (Å²) in [6.07, 6.45) is 0.107. The van der Waals surface area contributed by atoms with Gasteiger partial charge in [-0.3, -0.25) is 9.52 Å². The largest absolute Gasteiger partial charge is 0.497 e. The van der Waals surface area contributed by atoms with Crippen molar-refractivity contribution in [1.82, 2.24) is 0 Å². The molecule has 0 bridgehead atoms. The highest BCUT2D eigenvalue weighted by Crippen LogP contribution is 2.20. The van der Waals surface area contributed by atoms with Crippen molar-refractivity contribution < 1.29 is 27.5 Å². The van der Waals surface area contributed by atoms with Crippen molar-refractivity contribution in [3.63, 3.8) is 0 Å². The highest BCUT2D eigenvalue weighted by Gasteiger charge is 2.20. The molecule has 3 rings (SSSR count). The first-order valence-electron chi connectivity index (χ1n) is 10.5. The molecule has 1 N–H and O–H groups in total. The fourth-order valence-electron chi connectivity index (χ4n) is 3.12. The number of carbonyl (C=O) groups excluding carboxylic acids is 2. The van der Waals surface area contributed by atoms with E-state index in [1.165, 1.54) is 36.3 Å². The molecule has 3 aromatic carbocycles. The summed E-state index contributed by atoms with van der Waals surface area (Å²) in [6.45, 7) is -0.429. The predicted octanol–water partition coefficient (Wildman–Crippen LogP) is 3.60. The molecule has 1 amide bonds. The van der Waals surface area contributed by atoms with Crippen LogP contribution in [0.3, 0.4) is 0 Å². The number of anilines is 2. The van der Waals surface area contributed by atoms with Gasteiger partial charge in [0.05, 0.1) is 30.1 Å². The number of hydrogen-bond acceptors (Lipinski definition) is 7. The summed E-state index contributed by atoms with van der Waals surface area (Å²) < 4.78 is 38.2. The Morgan fingerprint density at radius 1 is 1.00 bits per heavy atom. The van der Waals surface area contributed by atoms with Crippen LogP contribution in [0.15, 0.2) is 83.8 Å². The monoisotopic (exact) mass is 493 g/mol. The summed E-state index contributed by atoms with van der Waals surface area (Å²) in [5.41, 5.74) is 0.864. The van der Waals surface area contributed by atoms with Crippen LogP contribution >= 0.6 is 0 Å². The lowest BCUT2D eigenvalue weighted by molar-refractivity contribution is -0.121. The van der Waals surface area contributed by atoms with E-state index in [9.17, 15) is 18.0 Å². The summed E-state index contributed by atoms with van der Waals surface area (Å²) in [5.74, 6) is -0.788. The maximum atomic E-state index is 12.8. The minimum Gasteiger partial charge on any atom is -0.497 e. The van der Waals surface area contributed by atoms with Crippen molar-refractivity contribution in [1.29, 1.82) is 5.26 Å². The number of rotatable bonds is 10. The quantitative estimate of drug-likeness (QED) is 0.428. The maximum Gasteiger partial charge on any atom is 0.338 e. The number of para-hydroxylation sites is 1. The molecule has 0 saturated carbocycles. The molecule has 9 nitrogen and oxygen atoms in total. The van der Waals surface area contributed by atoms with Gasteiger partial charge < -0.3 is 14.4 Å². The van der Waals surface area contributed by atoms with E-state index >= 15 is 0 Å². The normalized spacial score (nSPS) is 10.6. The highest BCUT2D eigenvalue weighted by molar-refractivity contribution is 7.92. The van der Waals surface area contributed by atoms with Crippen LogP contribution < -0.4 is 14.4 Å². The number of benzene rings is 3. The third-order valence-electron chi connectivity index (χ3n) is 4.87. The Hall–Kier alpha value is -4.36. The van der Waals surface area contributed by atoms with Gasteiger partial charge in [0.2, 0.25) is 0 Å². The molecule has 180 valence electrons. The number of sulfonamides is 1. The molecule has 0 fully saturated rings. The van der Waals surface area contributed by atoms with E-state index in [0.717, 1.165) is 0 Å². The topological polar surface area (TPSA) is 126 Å². The summed E-state index contributed by atoms with van der Waals surface area (Å²) in [6, 6.07) is 22.3. The third kappa shape index (κ3) is 6.82. The van der Waals surface area contributed by atoms with Gasteiger partial charge in [0.15, 0.2) is 6.61 Å². The number of nitrogens with one attached hydrogen (secondary N) is 1. The van der Waals surface area contributed by atoms with Gasteiger partial charge in [0.1, 0.15) is 5.75 Å². The summed E-state index contributed by atoms with van der Waals surface area (Å²) in [5, 5.41) is 8.89. The van der Waals surface area contributed by atoms with Crippen molar-refractivity contribution in [2.24, 2.45) is 0 Å². The Labute approximate surface area is 203 Å². The van der Waals surface area contributed by atoms with Gasteiger partial charge in [0, 0.05) is 17.9 Å². The van der Waals surface area contributed by atoms with Gasteiger partial charge >= 0.3 is 5.97 Å². The zero-order valence-corrected chi connectivity index (χ0v) is 19.7. The molecule has 0 atom stereocenters. The molecule has 0 aliphatic heterocycles. The first kappa shape index (κ1) is 25.3. The molecule has 0 saturated heterocycles. The summed E-state index contributed by atoms with van der Waals surface area (Å²) in [7, 11) is -2.48. The Kier molecular flexibility index (Phi) is 8.43. The Bertz CT molecular complexity index is 1320. The van der Waals surface area contributed by atoms with Crippen LogP contribution in [-0.2, 0) is 19.6 Å². The standard InChI is InChI=1S/C25H23N3O6S/c1-33-22-13-11-20(12-14-22)27-35(31,32)23-10-5-7-19(17-23)25(30)34-18-24(29)28(16-6-15-26)21-8-3-2-4-9-21/h2-5,7-14,17,27H,6,16,18H2,1H3. The van der Waals surface area contributed by atoms with Gasteiger partial charge in [-0.05, 0) is 54.6 Å². The number of methoxy groups -OCH3 is 1. The second kappa shape index (κ2) is 11.7. The maximum absolute atomic E-state index is 12.8. The van der Waals surface area contributed by atoms with E-state index in [4.69, 9.17) is 14.7 Å². The van der Waals surface area contributed by atoms with E-state index < -0.39 is 28.5 Å². The minimum atomic E-state index is -3.98. The van der Waals surface area contributed by atoms with Gasteiger partial charge in [-0.25, -0.2) is 13.2 Å². The summed E-state index contributed by atoms with van der Waals surface area (Å²) in [4.78, 5) is 26.5. The van der Waals surface area contributed by atoms with Crippen molar-refractivity contribution in [2.75, 3.05) is 29.9 Å². The van der Waals surface area contributed by atoms with Gasteiger partial charge in [-0.2, -0.15) is 5.26 Å². The van der Waals surface area contributed by atoms with E-state index in [-0.39, 0.29) is 23.4 Å². The number of amides is 1.